The molecule has 2 rings (SSSR count). The van der Waals surface area contributed by atoms with E-state index in [4.69, 9.17) is 4.74 Å². The minimum absolute atomic E-state index is 0.179. The number of hydrogen-bond donors (Lipinski definition) is 0. The molecular formula is C13H14F3N3OS. The number of rotatable bonds is 5. The Bertz CT molecular complexity index is 613. The first-order valence-corrected chi connectivity index (χ1v) is 7.22. The largest absolute Gasteiger partial charge is 0.497 e. The lowest BCUT2D eigenvalue weighted by molar-refractivity contribution is -0.144. The van der Waals surface area contributed by atoms with Gasteiger partial charge in [0.2, 0.25) is 0 Å². The first-order chi connectivity index (χ1) is 9.91. The minimum Gasteiger partial charge on any atom is -0.497 e. The van der Waals surface area contributed by atoms with Crippen LogP contribution in [0, 0.1) is 0 Å². The maximum atomic E-state index is 12.9. The van der Waals surface area contributed by atoms with Crippen molar-refractivity contribution in [2.24, 2.45) is 7.05 Å². The fraction of sp³-hybridized carbons (Fsp3) is 0.385. The van der Waals surface area contributed by atoms with Gasteiger partial charge in [-0.05, 0) is 6.07 Å². The molecule has 2 heterocycles. The van der Waals surface area contributed by atoms with Gasteiger partial charge in [0.05, 0.1) is 19.0 Å². The highest BCUT2D eigenvalue weighted by Crippen LogP contribution is 2.33. The van der Waals surface area contributed by atoms with Crippen molar-refractivity contribution in [3.8, 4) is 5.75 Å². The highest BCUT2D eigenvalue weighted by Gasteiger charge is 2.37. The fourth-order valence-electron chi connectivity index (χ4n) is 1.88. The van der Waals surface area contributed by atoms with Crippen LogP contribution in [0.5, 0.6) is 5.75 Å². The van der Waals surface area contributed by atoms with Crippen LogP contribution in [-0.4, -0.2) is 21.9 Å². The monoisotopic (exact) mass is 317 g/mol. The van der Waals surface area contributed by atoms with Crippen LogP contribution in [0.2, 0.25) is 0 Å². The smallest absolute Gasteiger partial charge is 0.433 e. The number of ether oxygens (including phenoxy) is 1. The standard InChI is InChI=1S/C13H14F3N3OS/c1-19-12(13(14,15)16)9(6-18-19)7-21-8-10-5-11(20-2)3-4-17-10/h3-6H,7-8H2,1-2H3. The van der Waals surface area contributed by atoms with Crippen molar-refractivity contribution in [3.05, 3.63) is 41.5 Å². The molecule has 0 fully saturated rings. The zero-order chi connectivity index (χ0) is 15.5. The summed E-state index contributed by atoms with van der Waals surface area (Å²) in [5.41, 5.74) is 0.239. The van der Waals surface area contributed by atoms with Crippen LogP contribution in [0.1, 0.15) is 17.0 Å². The molecule has 8 heteroatoms. The summed E-state index contributed by atoms with van der Waals surface area (Å²) in [6.45, 7) is 0. The van der Waals surface area contributed by atoms with E-state index in [0.717, 1.165) is 10.4 Å². The van der Waals surface area contributed by atoms with Crippen LogP contribution >= 0.6 is 11.8 Å². The zero-order valence-corrected chi connectivity index (χ0v) is 12.3. The SMILES string of the molecule is COc1ccnc(CSCc2cnn(C)c2C(F)(F)F)c1. The van der Waals surface area contributed by atoms with E-state index in [0.29, 0.717) is 11.5 Å². The Kier molecular flexibility index (Phi) is 4.76. The van der Waals surface area contributed by atoms with Gasteiger partial charge in [-0.3, -0.25) is 9.67 Å². The molecule has 0 unspecified atom stereocenters. The van der Waals surface area contributed by atoms with Crippen LogP contribution in [0.15, 0.2) is 24.5 Å². The quantitative estimate of drug-likeness (QED) is 0.848. The Hall–Kier alpha value is -1.70. The van der Waals surface area contributed by atoms with Gasteiger partial charge in [0.1, 0.15) is 11.4 Å². The van der Waals surface area contributed by atoms with Crippen LogP contribution in [0.25, 0.3) is 0 Å². The van der Waals surface area contributed by atoms with E-state index in [1.165, 1.54) is 25.0 Å². The molecule has 0 spiro atoms. The van der Waals surface area contributed by atoms with Crippen molar-refractivity contribution < 1.29 is 17.9 Å². The molecule has 0 radical (unpaired) electrons. The molecule has 0 bridgehead atoms. The third kappa shape index (κ3) is 3.90. The summed E-state index contributed by atoms with van der Waals surface area (Å²) >= 11 is 1.35. The van der Waals surface area contributed by atoms with E-state index in [1.54, 1.807) is 25.4 Å². The maximum Gasteiger partial charge on any atom is 0.433 e. The molecule has 0 amide bonds. The number of pyridine rings is 1. The molecule has 0 saturated carbocycles. The second kappa shape index (κ2) is 6.38. The van der Waals surface area contributed by atoms with Crippen molar-refractivity contribution in [2.75, 3.05) is 7.11 Å². The Labute approximate surface area is 124 Å². The third-order valence-corrected chi connectivity index (χ3v) is 3.83. The van der Waals surface area contributed by atoms with Crippen LogP contribution in [0.3, 0.4) is 0 Å². The summed E-state index contributed by atoms with van der Waals surface area (Å²) in [7, 11) is 2.85. The molecule has 4 nitrogen and oxygen atoms in total. The van der Waals surface area contributed by atoms with Crippen molar-refractivity contribution in [1.29, 1.82) is 0 Å². The molecule has 2 aromatic heterocycles. The second-order valence-electron chi connectivity index (χ2n) is 4.32. The van der Waals surface area contributed by atoms with Crippen molar-refractivity contribution in [1.82, 2.24) is 14.8 Å². The van der Waals surface area contributed by atoms with Gasteiger partial charge in [-0.15, -0.1) is 0 Å². The number of thioether (sulfide) groups is 1. The summed E-state index contributed by atoms with van der Waals surface area (Å²) in [5.74, 6) is 1.41. The molecule has 0 saturated heterocycles. The van der Waals surface area contributed by atoms with Crippen molar-refractivity contribution >= 4 is 11.8 Å². The van der Waals surface area contributed by atoms with Crippen LogP contribution in [-0.2, 0) is 24.7 Å². The van der Waals surface area contributed by atoms with Gasteiger partial charge >= 0.3 is 6.18 Å². The van der Waals surface area contributed by atoms with Gasteiger partial charge in [0.25, 0.3) is 0 Å². The Morgan fingerprint density at radius 1 is 1.33 bits per heavy atom. The lowest BCUT2D eigenvalue weighted by Crippen LogP contribution is -2.13. The molecule has 21 heavy (non-hydrogen) atoms. The normalized spacial score (nSPS) is 11.7. The molecule has 0 aromatic carbocycles. The number of hydrogen-bond acceptors (Lipinski definition) is 4. The number of halogens is 3. The zero-order valence-electron chi connectivity index (χ0n) is 11.5. The fourth-order valence-corrected chi connectivity index (χ4v) is 2.78. The molecular weight excluding hydrogens is 303 g/mol. The van der Waals surface area contributed by atoms with Gasteiger partial charge in [-0.1, -0.05) is 0 Å². The van der Waals surface area contributed by atoms with Gasteiger partial charge in [0, 0.05) is 36.4 Å². The summed E-state index contributed by atoms with van der Waals surface area (Å²) in [6, 6.07) is 3.48. The molecule has 0 aliphatic rings. The van der Waals surface area contributed by atoms with E-state index in [1.807, 2.05) is 0 Å². The van der Waals surface area contributed by atoms with E-state index < -0.39 is 11.9 Å². The lowest BCUT2D eigenvalue weighted by atomic mass is 10.3. The van der Waals surface area contributed by atoms with Gasteiger partial charge in [0.15, 0.2) is 0 Å². The lowest BCUT2D eigenvalue weighted by Gasteiger charge is -2.09. The summed E-state index contributed by atoms with van der Waals surface area (Å²) in [5, 5.41) is 3.68. The minimum atomic E-state index is -4.39. The van der Waals surface area contributed by atoms with E-state index in [2.05, 4.69) is 10.1 Å². The van der Waals surface area contributed by atoms with Crippen LogP contribution < -0.4 is 4.74 Å². The summed E-state index contributed by atoms with van der Waals surface area (Å²) in [6.07, 6.45) is -1.52. The topological polar surface area (TPSA) is 39.9 Å². The molecule has 0 atom stereocenters. The molecule has 0 aliphatic heterocycles. The van der Waals surface area contributed by atoms with Gasteiger partial charge in [-0.2, -0.15) is 30.0 Å². The Morgan fingerprint density at radius 2 is 2.10 bits per heavy atom. The van der Waals surface area contributed by atoms with E-state index in [-0.39, 0.29) is 11.3 Å². The van der Waals surface area contributed by atoms with Gasteiger partial charge < -0.3 is 4.74 Å². The Balaban J connectivity index is 2.01. The predicted octanol–water partition coefficient (Wildman–Crippen LogP) is 3.28. The first-order valence-electron chi connectivity index (χ1n) is 6.06. The summed E-state index contributed by atoms with van der Waals surface area (Å²) in [4.78, 5) is 4.15. The number of aromatic nitrogens is 3. The van der Waals surface area contributed by atoms with Crippen LogP contribution in [0.4, 0.5) is 13.2 Å². The van der Waals surface area contributed by atoms with Gasteiger partial charge in [-0.25, -0.2) is 0 Å². The molecule has 2 aromatic rings. The molecule has 114 valence electrons. The average molecular weight is 317 g/mol. The summed E-state index contributed by atoms with van der Waals surface area (Å²) < 4.78 is 44.6. The first kappa shape index (κ1) is 15.7. The average Bonchev–Trinajstić information content (AvgIpc) is 2.80. The third-order valence-electron chi connectivity index (χ3n) is 2.81. The number of aryl methyl sites for hydroxylation is 1. The second-order valence-corrected chi connectivity index (χ2v) is 5.31. The number of alkyl halides is 3. The van der Waals surface area contributed by atoms with Crippen molar-refractivity contribution in [2.45, 2.75) is 17.7 Å². The number of nitrogens with zero attached hydrogens (tertiary/aromatic N) is 3. The molecule has 0 aliphatic carbocycles. The highest BCUT2D eigenvalue weighted by molar-refractivity contribution is 7.97. The van der Waals surface area contributed by atoms with E-state index >= 15 is 0 Å². The highest BCUT2D eigenvalue weighted by atomic mass is 32.2. The molecule has 0 N–H and O–H groups in total. The van der Waals surface area contributed by atoms with Crippen molar-refractivity contribution in [3.63, 3.8) is 0 Å². The number of methoxy groups -OCH3 is 1. The van der Waals surface area contributed by atoms with E-state index in [9.17, 15) is 13.2 Å². The maximum absolute atomic E-state index is 12.9. The Morgan fingerprint density at radius 3 is 2.76 bits per heavy atom. The predicted molar refractivity (Wildman–Crippen MR) is 74.0 cm³/mol.